The third-order valence-electron chi connectivity index (χ3n) is 2.82. The molecule has 1 fully saturated rings. The topological polar surface area (TPSA) is 75.0 Å². The number of hydrogen-bond acceptors (Lipinski definition) is 4. The van der Waals surface area contributed by atoms with Gasteiger partial charge in [0.05, 0.1) is 0 Å². The van der Waals surface area contributed by atoms with Gasteiger partial charge in [0.25, 0.3) is 5.56 Å². The second-order valence-corrected chi connectivity index (χ2v) is 4.14. The maximum Gasteiger partial charge on any atom is 0.252 e. The number of aryl methyl sites for hydroxylation is 1. The minimum absolute atomic E-state index is 0.0658. The third-order valence-corrected chi connectivity index (χ3v) is 2.82. The second-order valence-electron chi connectivity index (χ2n) is 4.14. The number of nitrogens with two attached hydrogens (primary N) is 1. The van der Waals surface area contributed by atoms with Crippen molar-refractivity contribution < 1.29 is 0 Å². The van der Waals surface area contributed by atoms with Crippen molar-refractivity contribution in [3.8, 4) is 0 Å². The zero-order valence-electron chi connectivity index (χ0n) is 9.41. The summed E-state index contributed by atoms with van der Waals surface area (Å²) >= 11 is 0. The SMILES string of the molecule is NCCCc1nc(N2CCCC2)cc(=O)[nH]1. The highest BCUT2D eigenvalue weighted by Gasteiger charge is 2.14. The van der Waals surface area contributed by atoms with E-state index in [1.54, 1.807) is 6.07 Å². The molecule has 1 saturated heterocycles. The fraction of sp³-hybridized carbons (Fsp3) is 0.636. The molecule has 2 rings (SSSR count). The molecule has 0 spiro atoms. The number of anilines is 1. The van der Waals surface area contributed by atoms with Crippen LogP contribution in [-0.4, -0.2) is 29.6 Å². The van der Waals surface area contributed by atoms with E-state index in [1.807, 2.05) is 0 Å². The number of hydrogen-bond donors (Lipinski definition) is 2. The zero-order chi connectivity index (χ0) is 11.4. The van der Waals surface area contributed by atoms with Gasteiger partial charge >= 0.3 is 0 Å². The molecule has 0 unspecified atom stereocenters. The number of aromatic amines is 1. The van der Waals surface area contributed by atoms with E-state index in [4.69, 9.17) is 5.73 Å². The summed E-state index contributed by atoms with van der Waals surface area (Å²) in [5.41, 5.74) is 5.38. The van der Waals surface area contributed by atoms with Crippen LogP contribution in [0, 0.1) is 0 Å². The van der Waals surface area contributed by atoms with E-state index < -0.39 is 0 Å². The molecule has 0 atom stereocenters. The summed E-state index contributed by atoms with van der Waals surface area (Å²) < 4.78 is 0. The Morgan fingerprint density at radius 2 is 2.19 bits per heavy atom. The highest BCUT2D eigenvalue weighted by Crippen LogP contribution is 2.15. The van der Waals surface area contributed by atoms with Crippen LogP contribution in [0.3, 0.4) is 0 Å². The molecule has 5 heteroatoms. The van der Waals surface area contributed by atoms with Gasteiger partial charge in [0, 0.05) is 25.6 Å². The van der Waals surface area contributed by atoms with Gasteiger partial charge in [-0.2, -0.15) is 0 Å². The smallest absolute Gasteiger partial charge is 0.252 e. The van der Waals surface area contributed by atoms with Gasteiger partial charge in [-0.1, -0.05) is 0 Å². The minimum Gasteiger partial charge on any atom is -0.356 e. The molecule has 5 nitrogen and oxygen atoms in total. The van der Waals surface area contributed by atoms with Crippen molar-refractivity contribution in [2.75, 3.05) is 24.5 Å². The lowest BCUT2D eigenvalue weighted by atomic mass is 10.3. The first-order chi connectivity index (χ1) is 7.79. The van der Waals surface area contributed by atoms with Crippen molar-refractivity contribution in [1.82, 2.24) is 9.97 Å². The number of aromatic nitrogens is 2. The van der Waals surface area contributed by atoms with Gasteiger partial charge in [0.2, 0.25) is 0 Å². The molecule has 0 radical (unpaired) electrons. The van der Waals surface area contributed by atoms with Crippen molar-refractivity contribution in [3.05, 3.63) is 22.2 Å². The highest BCUT2D eigenvalue weighted by molar-refractivity contribution is 5.38. The Labute approximate surface area is 94.7 Å². The summed E-state index contributed by atoms with van der Waals surface area (Å²) in [6.07, 6.45) is 3.97. The number of nitrogens with one attached hydrogen (secondary N) is 1. The van der Waals surface area contributed by atoms with Crippen molar-refractivity contribution in [1.29, 1.82) is 0 Å². The van der Waals surface area contributed by atoms with Gasteiger partial charge < -0.3 is 15.6 Å². The Balaban J connectivity index is 2.17. The van der Waals surface area contributed by atoms with Crippen molar-refractivity contribution in [3.63, 3.8) is 0 Å². The predicted molar refractivity (Wildman–Crippen MR) is 63.7 cm³/mol. The lowest BCUT2D eigenvalue weighted by molar-refractivity contribution is 0.768. The first kappa shape index (κ1) is 11.1. The van der Waals surface area contributed by atoms with Crippen LogP contribution < -0.4 is 16.2 Å². The van der Waals surface area contributed by atoms with Crippen LogP contribution in [0.4, 0.5) is 5.82 Å². The molecule has 1 aromatic heterocycles. The van der Waals surface area contributed by atoms with Crippen LogP contribution in [0.25, 0.3) is 0 Å². The number of H-pyrrole nitrogens is 1. The quantitative estimate of drug-likeness (QED) is 0.766. The summed E-state index contributed by atoms with van der Waals surface area (Å²) in [4.78, 5) is 20.9. The van der Waals surface area contributed by atoms with E-state index in [2.05, 4.69) is 14.9 Å². The zero-order valence-corrected chi connectivity index (χ0v) is 9.41. The molecule has 1 aromatic rings. The normalized spacial score (nSPS) is 15.7. The Hall–Kier alpha value is -1.36. The first-order valence-corrected chi connectivity index (χ1v) is 5.85. The molecule has 1 aliphatic heterocycles. The molecular weight excluding hydrogens is 204 g/mol. The molecule has 0 amide bonds. The molecule has 2 heterocycles. The fourth-order valence-electron chi connectivity index (χ4n) is 1.99. The summed E-state index contributed by atoms with van der Waals surface area (Å²) in [6.45, 7) is 2.64. The lowest BCUT2D eigenvalue weighted by Crippen LogP contribution is -2.23. The predicted octanol–water partition coefficient (Wildman–Crippen LogP) is 0.261. The van der Waals surface area contributed by atoms with Crippen molar-refractivity contribution in [2.45, 2.75) is 25.7 Å². The van der Waals surface area contributed by atoms with E-state index in [-0.39, 0.29) is 5.56 Å². The van der Waals surface area contributed by atoms with E-state index in [1.165, 1.54) is 12.8 Å². The Kier molecular flexibility index (Phi) is 3.56. The molecule has 0 aromatic carbocycles. The maximum atomic E-state index is 11.5. The standard InChI is InChI=1S/C11H18N4O/c12-5-3-4-9-13-10(8-11(16)14-9)15-6-1-2-7-15/h8H,1-7,12H2,(H,13,14,16). The van der Waals surface area contributed by atoms with Gasteiger partial charge in [-0.05, 0) is 25.8 Å². The van der Waals surface area contributed by atoms with Gasteiger partial charge in [-0.3, -0.25) is 4.79 Å². The van der Waals surface area contributed by atoms with Crippen LogP contribution in [-0.2, 0) is 6.42 Å². The first-order valence-electron chi connectivity index (χ1n) is 5.85. The maximum absolute atomic E-state index is 11.5. The lowest BCUT2D eigenvalue weighted by Gasteiger charge is -2.16. The molecule has 0 saturated carbocycles. The van der Waals surface area contributed by atoms with Gasteiger partial charge in [-0.25, -0.2) is 4.98 Å². The van der Waals surface area contributed by atoms with Crippen LogP contribution in [0.5, 0.6) is 0 Å². The minimum atomic E-state index is -0.0658. The molecule has 16 heavy (non-hydrogen) atoms. The van der Waals surface area contributed by atoms with E-state index in [9.17, 15) is 4.79 Å². The van der Waals surface area contributed by atoms with Crippen molar-refractivity contribution in [2.24, 2.45) is 5.73 Å². The van der Waals surface area contributed by atoms with Gasteiger partial charge in [0.15, 0.2) is 0 Å². The summed E-state index contributed by atoms with van der Waals surface area (Å²) in [5, 5.41) is 0. The monoisotopic (exact) mass is 222 g/mol. The average Bonchev–Trinajstić information content (AvgIpc) is 2.79. The number of nitrogens with zero attached hydrogens (tertiary/aromatic N) is 2. The van der Waals surface area contributed by atoms with E-state index in [0.29, 0.717) is 6.54 Å². The Morgan fingerprint density at radius 1 is 1.44 bits per heavy atom. The number of rotatable bonds is 4. The summed E-state index contributed by atoms with van der Waals surface area (Å²) in [7, 11) is 0. The molecule has 0 aliphatic carbocycles. The molecule has 0 bridgehead atoms. The van der Waals surface area contributed by atoms with Crippen LogP contribution >= 0.6 is 0 Å². The second kappa shape index (κ2) is 5.12. The largest absolute Gasteiger partial charge is 0.356 e. The third kappa shape index (κ3) is 2.61. The van der Waals surface area contributed by atoms with Crippen LogP contribution in [0.1, 0.15) is 25.1 Å². The summed E-state index contributed by atoms with van der Waals surface area (Å²) in [5.74, 6) is 1.56. The Bertz CT molecular complexity index is 395. The Morgan fingerprint density at radius 3 is 2.88 bits per heavy atom. The van der Waals surface area contributed by atoms with Crippen LogP contribution in [0.2, 0.25) is 0 Å². The molecule has 3 N–H and O–H groups in total. The van der Waals surface area contributed by atoms with E-state index in [0.717, 1.165) is 37.6 Å². The van der Waals surface area contributed by atoms with Crippen molar-refractivity contribution >= 4 is 5.82 Å². The molecular formula is C11H18N4O. The molecule has 88 valence electrons. The molecule has 1 aliphatic rings. The summed E-state index contributed by atoms with van der Waals surface area (Å²) in [6, 6.07) is 1.58. The highest BCUT2D eigenvalue weighted by atomic mass is 16.1. The average molecular weight is 222 g/mol. The van der Waals surface area contributed by atoms with E-state index >= 15 is 0 Å². The fourth-order valence-corrected chi connectivity index (χ4v) is 1.99. The van der Waals surface area contributed by atoms with Gasteiger partial charge in [0.1, 0.15) is 11.6 Å². The van der Waals surface area contributed by atoms with Crippen LogP contribution in [0.15, 0.2) is 10.9 Å². The van der Waals surface area contributed by atoms with Gasteiger partial charge in [-0.15, -0.1) is 0 Å².